The first-order chi connectivity index (χ1) is 18.7. The fourth-order valence-electron chi connectivity index (χ4n) is 4.82. The van der Waals surface area contributed by atoms with Gasteiger partial charge >= 0.3 is 0 Å². The zero-order valence-corrected chi connectivity index (χ0v) is 22.7. The van der Waals surface area contributed by atoms with Crippen molar-refractivity contribution in [3.05, 3.63) is 90.8 Å². The van der Waals surface area contributed by atoms with Crippen LogP contribution in [0.15, 0.2) is 47.4 Å². The summed E-state index contributed by atoms with van der Waals surface area (Å²) >= 11 is 6.86. The molecule has 202 valence electrons. The van der Waals surface area contributed by atoms with Gasteiger partial charge in [-0.3, -0.25) is 24.6 Å². The van der Waals surface area contributed by atoms with E-state index in [1.54, 1.807) is 18.2 Å². The summed E-state index contributed by atoms with van der Waals surface area (Å²) in [6, 6.07) is 11.1. The molecule has 0 atom stereocenters. The third-order valence-electron chi connectivity index (χ3n) is 6.77. The Labute approximate surface area is 232 Å². The lowest BCUT2D eigenvalue weighted by Gasteiger charge is -2.28. The van der Waals surface area contributed by atoms with Gasteiger partial charge in [-0.05, 0) is 67.6 Å². The largest absolute Gasteiger partial charge is 0.378 e. The Kier molecular flexibility index (Phi) is 7.48. The summed E-state index contributed by atoms with van der Waals surface area (Å²) in [5, 5.41) is 11.6. The van der Waals surface area contributed by atoms with E-state index >= 15 is 0 Å². The second-order valence-corrected chi connectivity index (χ2v) is 10.6. The predicted molar refractivity (Wildman–Crippen MR) is 148 cm³/mol. The monoisotopic (exact) mass is 570 g/mol. The zero-order chi connectivity index (χ0) is 27.8. The number of halogens is 2. The Bertz CT molecular complexity index is 1510. The fourth-order valence-corrected chi connectivity index (χ4v) is 5.87. The Morgan fingerprint density at radius 2 is 1.90 bits per heavy atom. The van der Waals surface area contributed by atoms with Gasteiger partial charge in [-0.1, -0.05) is 17.7 Å². The Morgan fingerprint density at radius 1 is 1.15 bits per heavy atom. The molecule has 3 heterocycles. The average molecular weight is 571 g/mol. The topological polar surface area (TPSA) is 97.9 Å². The quantitative estimate of drug-likeness (QED) is 0.208. The molecule has 0 spiro atoms. The number of aryl methyl sites for hydroxylation is 1. The lowest BCUT2D eigenvalue weighted by Crippen LogP contribution is -2.36. The fraction of sp³-hybridized carbons (Fsp3) is 0.259. The van der Waals surface area contributed by atoms with Crippen LogP contribution in [0.3, 0.4) is 0 Å². The Morgan fingerprint density at radius 3 is 2.59 bits per heavy atom. The number of aromatic nitrogens is 1. The van der Waals surface area contributed by atoms with Crippen molar-refractivity contribution in [2.45, 2.75) is 20.4 Å². The predicted octanol–water partition coefficient (Wildman–Crippen LogP) is 5.87. The van der Waals surface area contributed by atoms with E-state index in [2.05, 4.69) is 0 Å². The van der Waals surface area contributed by atoms with Gasteiger partial charge < -0.3 is 14.2 Å². The lowest BCUT2D eigenvalue weighted by atomic mass is 10.2. The molecule has 0 aliphatic carbocycles. The number of anilines is 1. The molecule has 1 aromatic heterocycles. The SMILES string of the molecule is Cc1cc(/C=C2\SC(=O)N(Cc3c(F)cccc3Cl)C2=O)c(C)n1-c1ccc(N2CCOCC2)c([N+](=O)[O-])c1. The molecule has 0 saturated carbocycles. The van der Waals surface area contributed by atoms with Crippen LogP contribution in [0.25, 0.3) is 11.8 Å². The number of ether oxygens (including phenoxy) is 1. The van der Waals surface area contributed by atoms with E-state index in [9.17, 15) is 24.1 Å². The molecule has 39 heavy (non-hydrogen) atoms. The molecule has 2 amide bonds. The lowest BCUT2D eigenvalue weighted by molar-refractivity contribution is -0.384. The summed E-state index contributed by atoms with van der Waals surface area (Å²) in [5.74, 6) is -1.14. The molecule has 3 aromatic rings. The maximum atomic E-state index is 14.3. The third-order valence-corrected chi connectivity index (χ3v) is 8.04. The van der Waals surface area contributed by atoms with Gasteiger partial charge in [0.15, 0.2) is 0 Å². The van der Waals surface area contributed by atoms with E-state index in [-0.39, 0.29) is 32.6 Å². The van der Waals surface area contributed by atoms with Crippen LogP contribution < -0.4 is 4.90 Å². The van der Waals surface area contributed by atoms with Gasteiger partial charge in [0.1, 0.15) is 11.5 Å². The Balaban J connectivity index is 1.45. The van der Waals surface area contributed by atoms with E-state index in [1.807, 2.05) is 35.4 Å². The van der Waals surface area contributed by atoms with E-state index in [4.69, 9.17) is 16.3 Å². The summed E-state index contributed by atoms with van der Waals surface area (Å²) in [4.78, 5) is 40.4. The van der Waals surface area contributed by atoms with Crippen LogP contribution >= 0.6 is 23.4 Å². The molecule has 5 rings (SSSR count). The number of morpholine rings is 1. The van der Waals surface area contributed by atoms with Crippen LogP contribution in [-0.4, -0.2) is 51.8 Å². The normalized spacial score (nSPS) is 17.0. The van der Waals surface area contributed by atoms with Crippen molar-refractivity contribution >= 4 is 52.0 Å². The second-order valence-electron chi connectivity index (χ2n) is 9.16. The standard InChI is InChI=1S/C27H24ClFN4O5S/c1-16-12-18(13-25-26(34)31(27(35)39-25)15-20-21(28)4-3-5-22(20)29)17(2)32(16)19-6-7-23(24(14-19)33(36)37)30-8-10-38-11-9-30/h3-7,12-14H,8-11,15H2,1-2H3/b25-13-. The molecule has 2 aliphatic heterocycles. The number of hydrogen-bond acceptors (Lipinski definition) is 7. The van der Waals surface area contributed by atoms with Crippen molar-refractivity contribution in [3.8, 4) is 5.69 Å². The van der Waals surface area contributed by atoms with Crippen molar-refractivity contribution in [2.24, 2.45) is 0 Å². The molecule has 0 N–H and O–H groups in total. The number of hydrogen-bond donors (Lipinski definition) is 0. The highest BCUT2D eigenvalue weighted by Crippen LogP contribution is 2.37. The minimum Gasteiger partial charge on any atom is -0.378 e. The highest BCUT2D eigenvalue weighted by atomic mass is 35.5. The smallest absolute Gasteiger partial charge is 0.294 e. The number of carbonyl (C=O) groups is 2. The maximum absolute atomic E-state index is 14.3. The highest BCUT2D eigenvalue weighted by molar-refractivity contribution is 8.18. The molecule has 0 unspecified atom stereocenters. The second kappa shape index (κ2) is 10.8. The number of thioether (sulfide) groups is 1. The molecule has 2 fully saturated rings. The summed E-state index contributed by atoms with van der Waals surface area (Å²) in [6.07, 6.45) is 1.61. The van der Waals surface area contributed by atoms with Gasteiger partial charge in [-0.15, -0.1) is 0 Å². The van der Waals surface area contributed by atoms with Gasteiger partial charge in [0.05, 0.1) is 35.3 Å². The maximum Gasteiger partial charge on any atom is 0.294 e. The first-order valence-corrected chi connectivity index (χ1v) is 13.3. The minimum absolute atomic E-state index is 0.00336. The Hall–Kier alpha value is -3.67. The third kappa shape index (κ3) is 5.17. The van der Waals surface area contributed by atoms with E-state index in [0.717, 1.165) is 28.0 Å². The minimum atomic E-state index is -0.595. The van der Waals surface area contributed by atoms with Crippen molar-refractivity contribution in [1.29, 1.82) is 0 Å². The summed E-state index contributed by atoms with van der Waals surface area (Å²) in [5.41, 5.74) is 3.43. The van der Waals surface area contributed by atoms with Crippen LogP contribution in [0.1, 0.15) is 22.5 Å². The van der Waals surface area contributed by atoms with E-state index in [0.29, 0.717) is 43.2 Å². The first kappa shape index (κ1) is 26.9. The first-order valence-electron chi connectivity index (χ1n) is 12.1. The molecule has 2 aromatic carbocycles. The van der Waals surface area contributed by atoms with E-state index in [1.165, 1.54) is 18.2 Å². The molecular weight excluding hydrogens is 547 g/mol. The number of rotatable bonds is 6. The van der Waals surface area contributed by atoms with Crippen LogP contribution in [0.2, 0.25) is 5.02 Å². The highest BCUT2D eigenvalue weighted by Gasteiger charge is 2.36. The van der Waals surface area contributed by atoms with E-state index < -0.39 is 17.0 Å². The van der Waals surface area contributed by atoms with Crippen LogP contribution in [-0.2, 0) is 16.1 Å². The summed E-state index contributed by atoms with van der Waals surface area (Å²) in [7, 11) is 0. The molecule has 9 nitrogen and oxygen atoms in total. The van der Waals surface area contributed by atoms with Gasteiger partial charge in [-0.2, -0.15) is 0 Å². The van der Waals surface area contributed by atoms with Crippen molar-refractivity contribution in [1.82, 2.24) is 9.47 Å². The summed E-state index contributed by atoms with van der Waals surface area (Å²) in [6.45, 7) is 5.59. The number of nitro groups is 1. The van der Waals surface area contributed by atoms with Gasteiger partial charge in [0, 0.05) is 41.1 Å². The molecular formula is C27H24ClFN4O5S. The average Bonchev–Trinajstić information content (AvgIpc) is 3.34. The van der Waals surface area contributed by atoms with Gasteiger partial charge in [0.2, 0.25) is 0 Å². The zero-order valence-electron chi connectivity index (χ0n) is 21.1. The van der Waals surface area contributed by atoms with Crippen LogP contribution in [0.4, 0.5) is 20.6 Å². The van der Waals surface area contributed by atoms with Crippen molar-refractivity contribution in [3.63, 3.8) is 0 Å². The van der Waals surface area contributed by atoms with Crippen LogP contribution in [0, 0.1) is 29.8 Å². The number of carbonyl (C=O) groups excluding carboxylic acids is 2. The number of amides is 2. The number of benzene rings is 2. The molecule has 2 saturated heterocycles. The van der Waals surface area contributed by atoms with Gasteiger partial charge in [-0.25, -0.2) is 4.39 Å². The van der Waals surface area contributed by atoms with Gasteiger partial charge in [0.25, 0.3) is 16.8 Å². The molecule has 0 bridgehead atoms. The van der Waals surface area contributed by atoms with Crippen LogP contribution in [0.5, 0.6) is 0 Å². The number of nitrogens with zero attached hydrogens (tertiary/aromatic N) is 4. The number of nitro benzene ring substituents is 1. The molecule has 12 heteroatoms. The summed E-state index contributed by atoms with van der Waals surface area (Å²) < 4.78 is 21.5. The molecule has 2 aliphatic rings. The van der Waals surface area contributed by atoms with Crippen molar-refractivity contribution < 1.29 is 23.6 Å². The van der Waals surface area contributed by atoms with Crippen molar-refractivity contribution in [2.75, 3.05) is 31.2 Å². The number of imide groups is 1. The molecule has 0 radical (unpaired) electrons.